The first-order valence-electron chi connectivity index (χ1n) is 8.84. The monoisotopic (exact) mass is 356 g/mol. The quantitative estimate of drug-likeness (QED) is 0.596. The van der Waals surface area contributed by atoms with Gasteiger partial charge in [-0.15, -0.1) is 0 Å². The Morgan fingerprint density at radius 3 is 2.70 bits per heavy atom. The molecule has 134 valence electrons. The first kappa shape index (κ1) is 17.0. The molecule has 0 aliphatic heterocycles. The fraction of sp³-hybridized carbons (Fsp3) is 0.136. The Morgan fingerprint density at radius 1 is 1.07 bits per heavy atom. The molecule has 0 aliphatic rings. The van der Waals surface area contributed by atoms with Crippen molar-refractivity contribution < 1.29 is 4.79 Å². The Hall–Kier alpha value is -3.47. The lowest BCUT2D eigenvalue weighted by atomic mass is 10.1. The number of aryl methyl sites for hydroxylation is 2. The van der Waals surface area contributed by atoms with Crippen LogP contribution in [0.2, 0.25) is 0 Å². The molecule has 0 fully saturated rings. The number of nitrogens with zero attached hydrogens (tertiary/aromatic N) is 3. The van der Waals surface area contributed by atoms with Crippen LogP contribution in [0.4, 0.5) is 5.69 Å². The van der Waals surface area contributed by atoms with Gasteiger partial charge in [-0.3, -0.25) is 9.20 Å². The number of benzene rings is 2. The third-order valence-corrected chi connectivity index (χ3v) is 4.45. The molecule has 1 amide bonds. The van der Waals surface area contributed by atoms with E-state index in [0.29, 0.717) is 12.2 Å². The summed E-state index contributed by atoms with van der Waals surface area (Å²) in [4.78, 5) is 21.3. The maximum Gasteiger partial charge on any atom is 0.234 e. The van der Waals surface area contributed by atoms with Crippen molar-refractivity contribution in [1.82, 2.24) is 14.4 Å². The highest BCUT2D eigenvalue weighted by Crippen LogP contribution is 2.25. The SMILES string of the molecule is Cc1cnc2nc(-c3ccc(C)c(NC(=O)Cc4ccccc4)c3)cn2c1. The molecule has 27 heavy (non-hydrogen) atoms. The summed E-state index contributed by atoms with van der Waals surface area (Å²) in [6, 6.07) is 15.7. The van der Waals surface area contributed by atoms with Crippen molar-refractivity contribution in [2.45, 2.75) is 20.3 Å². The van der Waals surface area contributed by atoms with Crippen molar-refractivity contribution in [2.24, 2.45) is 0 Å². The maximum atomic E-state index is 12.4. The van der Waals surface area contributed by atoms with Crippen LogP contribution < -0.4 is 5.32 Å². The van der Waals surface area contributed by atoms with E-state index in [-0.39, 0.29) is 5.91 Å². The summed E-state index contributed by atoms with van der Waals surface area (Å²) in [5.74, 6) is 0.625. The largest absolute Gasteiger partial charge is 0.326 e. The third-order valence-electron chi connectivity index (χ3n) is 4.45. The summed E-state index contributed by atoms with van der Waals surface area (Å²) in [6.07, 6.45) is 6.10. The molecular weight excluding hydrogens is 336 g/mol. The van der Waals surface area contributed by atoms with Crippen molar-refractivity contribution in [1.29, 1.82) is 0 Å². The summed E-state index contributed by atoms with van der Waals surface area (Å²) in [6.45, 7) is 3.98. The summed E-state index contributed by atoms with van der Waals surface area (Å²) in [5.41, 5.74) is 5.65. The number of carbonyl (C=O) groups excluding carboxylic acids is 1. The van der Waals surface area contributed by atoms with Gasteiger partial charge in [0.2, 0.25) is 11.7 Å². The van der Waals surface area contributed by atoms with E-state index in [1.807, 2.05) is 79.2 Å². The molecule has 4 rings (SSSR count). The van der Waals surface area contributed by atoms with Crippen molar-refractivity contribution in [3.63, 3.8) is 0 Å². The standard InChI is InChI=1S/C22H20N4O/c1-15-12-23-22-25-20(14-26(22)13-15)18-9-8-16(2)19(11-18)24-21(27)10-17-6-4-3-5-7-17/h3-9,11-14H,10H2,1-2H3,(H,24,27). The maximum absolute atomic E-state index is 12.4. The molecule has 0 saturated carbocycles. The zero-order chi connectivity index (χ0) is 18.8. The van der Waals surface area contributed by atoms with Gasteiger partial charge in [-0.2, -0.15) is 0 Å². The van der Waals surface area contributed by atoms with Crippen LogP contribution in [-0.2, 0) is 11.2 Å². The second-order valence-electron chi connectivity index (χ2n) is 6.70. The number of nitrogens with one attached hydrogen (secondary N) is 1. The second kappa shape index (κ2) is 7.03. The van der Waals surface area contributed by atoms with Crippen LogP contribution in [0.15, 0.2) is 67.1 Å². The van der Waals surface area contributed by atoms with Crippen molar-refractivity contribution in [2.75, 3.05) is 5.32 Å². The predicted octanol–water partition coefficient (Wildman–Crippen LogP) is 4.19. The number of hydrogen-bond donors (Lipinski definition) is 1. The lowest BCUT2D eigenvalue weighted by Gasteiger charge is -2.10. The van der Waals surface area contributed by atoms with E-state index < -0.39 is 0 Å². The molecule has 0 saturated heterocycles. The minimum atomic E-state index is -0.0336. The van der Waals surface area contributed by atoms with Gasteiger partial charge in [0.05, 0.1) is 12.1 Å². The molecule has 2 heterocycles. The highest BCUT2D eigenvalue weighted by atomic mass is 16.1. The van der Waals surface area contributed by atoms with Crippen LogP contribution in [0, 0.1) is 13.8 Å². The minimum absolute atomic E-state index is 0.0336. The van der Waals surface area contributed by atoms with Gasteiger partial charge in [0.15, 0.2) is 0 Å². The summed E-state index contributed by atoms with van der Waals surface area (Å²) in [5, 5.41) is 3.02. The van der Waals surface area contributed by atoms with E-state index in [0.717, 1.165) is 33.6 Å². The summed E-state index contributed by atoms with van der Waals surface area (Å²) < 4.78 is 1.91. The fourth-order valence-corrected chi connectivity index (χ4v) is 3.02. The zero-order valence-corrected chi connectivity index (χ0v) is 15.3. The lowest BCUT2D eigenvalue weighted by molar-refractivity contribution is -0.115. The molecule has 0 spiro atoms. The molecule has 0 atom stereocenters. The molecular formula is C22H20N4O. The molecule has 0 radical (unpaired) electrons. The van der Waals surface area contributed by atoms with Gasteiger partial charge in [-0.05, 0) is 36.6 Å². The first-order chi connectivity index (χ1) is 13.1. The van der Waals surface area contributed by atoms with Gasteiger partial charge in [0.25, 0.3) is 0 Å². The molecule has 2 aromatic carbocycles. The molecule has 1 N–H and O–H groups in total. The molecule has 0 bridgehead atoms. The molecule has 2 aromatic heterocycles. The number of aromatic nitrogens is 3. The topological polar surface area (TPSA) is 59.3 Å². The average molecular weight is 356 g/mol. The van der Waals surface area contributed by atoms with Crippen LogP contribution in [-0.4, -0.2) is 20.3 Å². The Morgan fingerprint density at radius 2 is 1.89 bits per heavy atom. The van der Waals surface area contributed by atoms with Crippen LogP contribution in [0.25, 0.3) is 17.0 Å². The van der Waals surface area contributed by atoms with Crippen molar-refractivity contribution in [3.05, 3.63) is 83.8 Å². The first-order valence-corrected chi connectivity index (χ1v) is 8.84. The smallest absolute Gasteiger partial charge is 0.234 e. The van der Waals surface area contributed by atoms with Crippen LogP contribution >= 0.6 is 0 Å². The Balaban J connectivity index is 1.59. The summed E-state index contributed by atoms with van der Waals surface area (Å²) >= 11 is 0. The Bertz CT molecular complexity index is 1120. The van der Waals surface area contributed by atoms with Crippen LogP contribution in [0.3, 0.4) is 0 Å². The zero-order valence-electron chi connectivity index (χ0n) is 15.3. The lowest BCUT2D eigenvalue weighted by Crippen LogP contribution is -2.15. The number of amides is 1. The van der Waals surface area contributed by atoms with Gasteiger partial charge in [0, 0.05) is 29.8 Å². The number of rotatable bonds is 4. The molecule has 5 heteroatoms. The van der Waals surface area contributed by atoms with Crippen LogP contribution in [0.5, 0.6) is 0 Å². The predicted molar refractivity (Wildman–Crippen MR) is 107 cm³/mol. The summed E-state index contributed by atoms with van der Waals surface area (Å²) in [7, 11) is 0. The van der Waals surface area contributed by atoms with Crippen molar-refractivity contribution in [3.8, 4) is 11.3 Å². The number of imidazole rings is 1. The molecule has 4 aromatic rings. The number of anilines is 1. The Kier molecular flexibility index (Phi) is 4.42. The van der Waals surface area contributed by atoms with Gasteiger partial charge in [0.1, 0.15) is 0 Å². The number of carbonyl (C=O) groups is 1. The van der Waals surface area contributed by atoms with Crippen molar-refractivity contribution >= 4 is 17.4 Å². The van der Waals surface area contributed by atoms with Crippen LogP contribution in [0.1, 0.15) is 16.7 Å². The van der Waals surface area contributed by atoms with E-state index in [2.05, 4.69) is 15.3 Å². The third kappa shape index (κ3) is 3.72. The van der Waals surface area contributed by atoms with E-state index >= 15 is 0 Å². The van der Waals surface area contributed by atoms with E-state index in [4.69, 9.17) is 0 Å². The van der Waals surface area contributed by atoms with Gasteiger partial charge in [-0.1, -0.05) is 42.5 Å². The molecule has 5 nitrogen and oxygen atoms in total. The normalized spacial score (nSPS) is 10.9. The number of fused-ring (bicyclic) bond motifs is 1. The molecule has 0 unspecified atom stereocenters. The van der Waals surface area contributed by atoms with Gasteiger partial charge >= 0.3 is 0 Å². The average Bonchev–Trinajstić information content (AvgIpc) is 3.07. The van der Waals surface area contributed by atoms with Gasteiger partial charge in [-0.25, -0.2) is 9.97 Å². The highest BCUT2D eigenvalue weighted by molar-refractivity contribution is 5.93. The molecule has 0 aliphatic carbocycles. The van der Waals surface area contributed by atoms with Gasteiger partial charge < -0.3 is 5.32 Å². The van der Waals surface area contributed by atoms with E-state index in [9.17, 15) is 4.79 Å². The minimum Gasteiger partial charge on any atom is -0.326 e. The number of hydrogen-bond acceptors (Lipinski definition) is 3. The Labute approximate surface area is 157 Å². The van der Waals surface area contributed by atoms with E-state index in [1.165, 1.54) is 0 Å². The second-order valence-corrected chi connectivity index (χ2v) is 6.70. The van der Waals surface area contributed by atoms with E-state index in [1.54, 1.807) is 6.20 Å². The fourth-order valence-electron chi connectivity index (χ4n) is 3.02. The highest BCUT2D eigenvalue weighted by Gasteiger charge is 2.10.